The summed E-state index contributed by atoms with van der Waals surface area (Å²) < 4.78 is 49.9. The largest absolute Gasteiger partial charge is 0.573 e. The van der Waals surface area contributed by atoms with Crippen LogP contribution in [0.5, 0.6) is 11.6 Å². The number of ether oxygens (including phenoxy) is 2. The van der Waals surface area contributed by atoms with E-state index >= 15 is 0 Å². The van der Waals surface area contributed by atoms with Crippen molar-refractivity contribution in [2.24, 2.45) is 0 Å². The van der Waals surface area contributed by atoms with Gasteiger partial charge in [0.05, 0.1) is 18.0 Å². The van der Waals surface area contributed by atoms with Gasteiger partial charge in [-0.25, -0.2) is 9.50 Å². The molecule has 1 aromatic carbocycles. The molecule has 0 bridgehead atoms. The minimum Gasteiger partial charge on any atom is -0.474 e. The first-order valence-electron chi connectivity index (χ1n) is 10.0. The van der Waals surface area contributed by atoms with Crippen molar-refractivity contribution < 1.29 is 22.6 Å². The van der Waals surface area contributed by atoms with Crippen LogP contribution in [0.25, 0.3) is 16.9 Å². The number of para-hydroxylation sites is 1. The maximum absolute atomic E-state index is 12.8. The predicted octanol–water partition coefficient (Wildman–Crippen LogP) is 6.24. The number of benzene rings is 1. The second-order valence-electron chi connectivity index (χ2n) is 7.05. The highest BCUT2D eigenvalue weighted by atomic mass is 19.4. The molecule has 2 aromatic heterocycles. The van der Waals surface area contributed by atoms with Crippen LogP contribution in [-0.4, -0.2) is 27.1 Å². The lowest BCUT2D eigenvalue weighted by molar-refractivity contribution is -0.274. The molecule has 0 aliphatic rings. The van der Waals surface area contributed by atoms with Crippen LogP contribution in [0.4, 0.5) is 13.2 Å². The van der Waals surface area contributed by atoms with Crippen LogP contribution in [-0.2, 0) is 0 Å². The summed E-state index contributed by atoms with van der Waals surface area (Å²) in [7, 11) is 0. The average molecular weight is 420 g/mol. The summed E-state index contributed by atoms with van der Waals surface area (Å²) in [5, 5.41) is 4.44. The van der Waals surface area contributed by atoms with Gasteiger partial charge in [-0.3, -0.25) is 0 Å². The van der Waals surface area contributed by atoms with Gasteiger partial charge in [-0.1, -0.05) is 26.0 Å². The first kappa shape index (κ1) is 21.9. The number of hydrogen-bond acceptors (Lipinski definition) is 4. The van der Waals surface area contributed by atoms with Crippen molar-refractivity contribution in [2.75, 3.05) is 0 Å². The second-order valence-corrected chi connectivity index (χ2v) is 7.05. The molecule has 0 N–H and O–H groups in total. The van der Waals surface area contributed by atoms with E-state index in [1.165, 1.54) is 34.8 Å². The monoisotopic (exact) mass is 420 g/mol. The number of hydrogen-bond donors (Lipinski definition) is 0. The van der Waals surface area contributed by atoms with Crippen molar-refractivity contribution in [1.82, 2.24) is 14.6 Å². The third-order valence-corrected chi connectivity index (χ3v) is 4.95. The van der Waals surface area contributed by atoms with Gasteiger partial charge in [0.25, 0.3) is 0 Å². The highest BCUT2D eigenvalue weighted by Gasteiger charge is 2.32. The molecule has 161 valence electrons. The average Bonchev–Trinajstić information content (AvgIpc) is 3.11. The zero-order chi connectivity index (χ0) is 21.7. The lowest BCUT2D eigenvalue weighted by Crippen LogP contribution is -2.17. The van der Waals surface area contributed by atoms with Crippen molar-refractivity contribution in [2.45, 2.75) is 58.9 Å². The molecule has 3 aromatic rings. The van der Waals surface area contributed by atoms with Crippen molar-refractivity contribution in [3.8, 4) is 22.9 Å². The summed E-state index contributed by atoms with van der Waals surface area (Å²) in [6, 6.07) is 9.35. The van der Waals surface area contributed by atoms with E-state index in [1.807, 2.05) is 6.92 Å². The molecule has 0 amide bonds. The predicted molar refractivity (Wildman–Crippen MR) is 108 cm³/mol. The van der Waals surface area contributed by atoms with Crippen LogP contribution in [0.3, 0.4) is 0 Å². The van der Waals surface area contributed by atoms with Gasteiger partial charge >= 0.3 is 6.36 Å². The molecule has 0 aliphatic heterocycles. The summed E-state index contributed by atoms with van der Waals surface area (Å²) in [4.78, 5) is 4.24. The van der Waals surface area contributed by atoms with E-state index < -0.39 is 6.36 Å². The molecule has 0 fully saturated rings. The van der Waals surface area contributed by atoms with Gasteiger partial charge in [0.2, 0.25) is 5.88 Å². The van der Waals surface area contributed by atoms with Crippen molar-refractivity contribution in [1.29, 1.82) is 0 Å². The topological polar surface area (TPSA) is 48.7 Å². The highest BCUT2D eigenvalue weighted by Crippen LogP contribution is 2.34. The van der Waals surface area contributed by atoms with E-state index in [2.05, 4.69) is 28.7 Å². The van der Waals surface area contributed by atoms with E-state index in [0.717, 1.165) is 25.7 Å². The Morgan fingerprint density at radius 2 is 1.83 bits per heavy atom. The normalized spacial score (nSPS) is 13.0. The lowest BCUT2D eigenvalue weighted by Gasteiger charge is -2.17. The van der Waals surface area contributed by atoms with E-state index in [1.54, 1.807) is 18.2 Å². The Morgan fingerprint density at radius 3 is 2.53 bits per heavy atom. The maximum Gasteiger partial charge on any atom is 0.573 e. The molecule has 1 unspecified atom stereocenters. The maximum atomic E-state index is 12.8. The second kappa shape index (κ2) is 9.36. The Morgan fingerprint density at radius 1 is 1.10 bits per heavy atom. The lowest BCUT2D eigenvalue weighted by atomic mass is 9.96. The van der Waals surface area contributed by atoms with E-state index in [9.17, 15) is 13.2 Å². The Kier molecular flexibility index (Phi) is 6.84. The number of imidazole rings is 1. The van der Waals surface area contributed by atoms with Crippen LogP contribution in [0.15, 0.2) is 42.6 Å². The van der Waals surface area contributed by atoms with Gasteiger partial charge in [-0.15, -0.1) is 18.3 Å². The number of aromatic nitrogens is 3. The Balaban J connectivity index is 1.84. The number of nitrogens with zero attached hydrogens (tertiary/aromatic N) is 3. The fraction of sp³-hybridized carbons (Fsp3) is 0.409. The molecule has 8 heteroatoms. The number of halogens is 3. The first-order chi connectivity index (χ1) is 14.3. The molecule has 5 nitrogen and oxygen atoms in total. The standard InChI is InChI=1S/C22H25F3N3O2/c1-4-16(5-2)11-10-15(3)29-21-13-12-20-26-14-18(28(20)27-21)17-8-6-7-9-19(17)30-22(23,24)25/h6-9,12-15H,4-5,10-11H2,1-3H3. The van der Waals surface area contributed by atoms with Crippen LogP contribution < -0.4 is 9.47 Å². The first-order valence-corrected chi connectivity index (χ1v) is 10.0. The smallest absolute Gasteiger partial charge is 0.474 e. The minimum atomic E-state index is -4.79. The summed E-state index contributed by atoms with van der Waals surface area (Å²) in [5.41, 5.74) is 1.13. The molecular formula is C22H25F3N3O2. The molecular weight excluding hydrogens is 395 g/mol. The SMILES string of the molecule is CC[C](CC)CCC(C)Oc1ccc2ncc(-c3ccccc3OC(F)(F)F)n2n1. The van der Waals surface area contributed by atoms with E-state index in [0.29, 0.717) is 17.2 Å². The number of alkyl halides is 3. The number of fused-ring (bicyclic) bond motifs is 1. The zero-order valence-electron chi connectivity index (χ0n) is 17.2. The summed E-state index contributed by atoms with van der Waals surface area (Å²) in [5.74, 6) is 1.57. The molecule has 3 rings (SSSR count). The Hall–Kier alpha value is -2.77. The van der Waals surface area contributed by atoms with Crippen molar-refractivity contribution in [3.63, 3.8) is 0 Å². The van der Waals surface area contributed by atoms with E-state index in [-0.39, 0.29) is 17.4 Å². The fourth-order valence-corrected chi connectivity index (χ4v) is 3.27. The quantitative estimate of drug-likeness (QED) is 0.411. The summed E-state index contributed by atoms with van der Waals surface area (Å²) in [6.45, 7) is 6.29. The molecule has 2 heterocycles. The van der Waals surface area contributed by atoms with Crippen LogP contribution in [0, 0.1) is 5.92 Å². The van der Waals surface area contributed by atoms with Gasteiger partial charge in [0.15, 0.2) is 5.65 Å². The zero-order valence-corrected chi connectivity index (χ0v) is 17.2. The van der Waals surface area contributed by atoms with Gasteiger partial charge in [0.1, 0.15) is 5.75 Å². The third-order valence-electron chi connectivity index (χ3n) is 4.95. The van der Waals surface area contributed by atoms with Gasteiger partial charge in [-0.05, 0) is 56.7 Å². The number of rotatable bonds is 9. The minimum absolute atomic E-state index is 0.0455. The molecule has 30 heavy (non-hydrogen) atoms. The molecule has 0 spiro atoms. The molecule has 1 radical (unpaired) electrons. The van der Waals surface area contributed by atoms with Crippen LogP contribution in [0.1, 0.15) is 46.5 Å². The van der Waals surface area contributed by atoms with Gasteiger partial charge in [0, 0.05) is 11.6 Å². The Bertz CT molecular complexity index is 968. The van der Waals surface area contributed by atoms with Crippen molar-refractivity contribution >= 4 is 5.65 Å². The van der Waals surface area contributed by atoms with Crippen LogP contribution in [0.2, 0.25) is 0 Å². The van der Waals surface area contributed by atoms with Gasteiger partial charge in [-0.2, -0.15) is 0 Å². The van der Waals surface area contributed by atoms with E-state index in [4.69, 9.17) is 4.74 Å². The summed E-state index contributed by atoms with van der Waals surface area (Å²) in [6.07, 6.45) is 0.621. The fourth-order valence-electron chi connectivity index (χ4n) is 3.27. The Labute approximate surface area is 173 Å². The molecule has 1 atom stereocenters. The third kappa shape index (κ3) is 5.43. The summed E-state index contributed by atoms with van der Waals surface area (Å²) >= 11 is 0. The molecule has 0 saturated heterocycles. The van der Waals surface area contributed by atoms with Gasteiger partial charge < -0.3 is 9.47 Å². The molecule has 0 aliphatic carbocycles. The highest BCUT2D eigenvalue weighted by molar-refractivity contribution is 5.69. The van der Waals surface area contributed by atoms with Crippen LogP contribution >= 0.6 is 0 Å². The van der Waals surface area contributed by atoms with Crippen molar-refractivity contribution in [3.05, 3.63) is 48.5 Å². The molecule has 0 saturated carbocycles.